The molecule has 1 heterocycles. The largest absolute Gasteiger partial charge is 0.395 e. The van der Waals surface area contributed by atoms with E-state index in [4.69, 9.17) is 15.3 Å². The van der Waals surface area contributed by atoms with Crippen LogP contribution in [0.15, 0.2) is 0 Å². The lowest BCUT2D eigenvalue weighted by molar-refractivity contribution is -0.0448. The molecule has 0 spiro atoms. The van der Waals surface area contributed by atoms with Gasteiger partial charge in [-0.15, -0.1) is 24.0 Å². The number of nitrogens with zero attached hydrogens (tertiary/aromatic N) is 3. The maximum absolute atomic E-state index is 8.87. The Labute approximate surface area is 113 Å². The first-order chi connectivity index (χ1) is 7.30. The summed E-state index contributed by atoms with van der Waals surface area (Å²) in [5, 5.41) is 26.6. The van der Waals surface area contributed by atoms with E-state index < -0.39 is 0 Å². The molecular weight excluding hydrogens is 325 g/mol. The van der Waals surface area contributed by atoms with E-state index in [-0.39, 0.29) is 43.8 Å². The fourth-order valence-electron chi connectivity index (χ4n) is 1.83. The molecule has 0 aromatic rings. The Balaban J connectivity index is 0.00000225. The molecule has 0 aliphatic carbocycles. The number of rotatable bonds is 6. The Morgan fingerprint density at radius 3 is 1.06 bits per heavy atom. The lowest BCUT2D eigenvalue weighted by Gasteiger charge is -2.41. The van der Waals surface area contributed by atoms with Crippen molar-refractivity contribution in [1.82, 2.24) is 14.7 Å². The standard InChI is InChI=1S/C9H21N3O3.HI/c13-4-1-10-7-11(2-5-14)9-12(8-10)3-6-15;/h13-15H,1-9H2;1H. The van der Waals surface area contributed by atoms with Gasteiger partial charge in [-0.3, -0.25) is 14.7 Å². The maximum atomic E-state index is 8.87. The molecule has 1 aliphatic rings. The summed E-state index contributed by atoms with van der Waals surface area (Å²) >= 11 is 0. The third-order valence-corrected chi connectivity index (χ3v) is 2.45. The third-order valence-electron chi connectivity index (χ3n) is 2.45. The van der Waals surface area contributed by atoms with Gasteiger partial charge in [0, 0.05) is 19.6 Å². The molecule has 0 atom stereocenters. The van der Waals surface area contributed by atoms with Gasteiger partial charge < -0.3 is 15.3 Å². The van der Waals surface area contributed by atoms with Gasteiger partial charge in [0.05, 0.1) is 39.8 Å². The molecule has 16 heavy (non-hydrogen) atoms. The summed E-state index contributed by atoms with van der Waals surface area (Å²) in [6.07, 6.45) is 0. The Kier molecular flexibility index (Phi) is 9.80. The van der Waals surface area contributed by atoms with Gasteiger partial charge in [0.1, 0.15) is 0 Å². The Bertz CT molecular complexity index is 142. The highest BCUT2D eigenvalue weighted by Crippen LogP contribution is 2.05. The third kappa shape index (κ3) is 5.71. The monoisotopic (exact) mass is 347 g/mol. The van der Waals surface area contributed by atoms with E-state index in [0.717, 1.165) is 20.0 Å². The van der Waals surface area contributed by atoms with Crippen LogP contribution < -0.4 is 0 Å². The van der Waals surface area contributed by atoms with Gasteiger partial charge in [-0.05, 0) is 0 Å². The molecular formula is C9H22IN3O3. The lowest BCUT2D eigenvalue weighted by Crippen LogP contribution is -2.56. The van der Waals surface area contributed by atoms with Crippen LogP contribution >= 0.6 is 24.0 Å². The van der Waals surface area contributed by atoms with Crippen molar-refractivity contribution in [2.45, 2.75) is 0 Å². The first-order valence-electron chi connectivity index (χ1n) is 5.29. The van der Waals surface area contributed by atoms with Crippen LogP contribution in [0.3, 0.4) is 0 Å². The first-order valence-corrected chi connectivity index (χ1v) is 5.29. The fourth-order valence-corrected chi connectivity index (χ4v) is 1.83. The molecule has 0 bridgehead atoms. The smallest absolute Gasteiger partial charge is 0.0559 e. The molecule has 0 saturated carbocycles. The fraction of sp³-hybridized carbons (Fsp3) is 1.00. The average Bonchev–Trinajstić information content (AvgIpc) is 2.19. The van der Waals surface area contributed by atoms with Crippen LogP contribution in [0, 0.1) is 0 Å². The zero-order valence-corrected chi connectivity index (χ0v) is 11.8. The van der Waals surface area contributed by atoms with Crippen molar-refractivity contribution < 1.29 is 15.3 Å². The van der Waals surface area contributed by atoms with E-state index in [1.54, 1.807) is 0 Å². The predicted molar refractivity (Wildman–Crippen MR) is 71.4 cm³/mol. The first kappa shape index (κ1) is 16.5. The second-order valence-electron chi connectivity index (χ2n) is 3.78. The summed E-state index contributed by atoms with van der Waals surface area (Å²) in [4.78, 5) is 6.28. The molecule has 0 amide bonds. The summed E-state index contributed by atoms with van der Waals surface area (Å²) in [5.74, 6) is 0. The highest BCUT2D eigenvalue weighted by Gasteiger charge is 2.21. The average molecular weight is 347 g/mol. The highest BCUT2D eigenvalue weighted by atomic mass is 127. The Morgan fingerprint density at radius 1 is 0.625 bits per heavy atom. The van der Waals surface area contributed by atoms with Crippen molar-refractivity contribution in [3.05, 3.63) is 0 Å². The summed E-state index contributed by atoms with van der Waals surface area (Å²) in [6.45, 7) is 4.60. The van der Waals surface area contributed by atoms with Crippen LogP contribution in [0.25, 0.3) is 0 Å². The van der Waals surface area contributed by atoms with Crippen molar-refractivity contribution in [2.24, 2.45) is 0 Å². The molecule has 0 radical (unpaired) electrons. The van der Waals surface area contributed by atoms with Gasteiger partial charge in [0.15, 0.2) is 0 Å². The second kappa shape index (κ2) is 9.51. The highest BCUT2D eigenvalue weighted by molar-refractivity contribution is 14.0. The van der Waals surface area contributed by atoms with Gasteiger partial charge in [0.2, 0.25) is 0 Å². The van der Waals surface area contributed by atoms with E-state index >= 15 is 0 Å². The zero-order chi connectivity index (χ0) is 11.1. The van der Waals surface area contributed by atoms with E-state index in [9.17, 15) is 0 Å². The summed E-state index contributed by atoms with van der Waals surface area (Å²) in [7, 11) is 0. The van der Waals surface area contributed by atoms with Crippen LogP contribution in [-0.4, -0.2) is 89.5 Å². The zero-order valence-electron chi connectivity index (χ0n) is 9.46. The molecule has 1 aliphatic heterocycles. The number of hydrogen-bond donors (Lipinski definition) is 3. The van der Waals surface area contributed by atoms with Crippen LogP contribution in [0.5, 0.6) is 0 Å². The minimum absolute atomic E-state index is 0. The predicted octanol–water partition coefficient (Wildman–Crippen LogP) is -1.63. The summed E-state index contributed by atoms with van der Waals surface area (Å²) in [6, 6.07) is 0. The van der Waals surface area contributed by atoms with Crippen LogP contribution in [0.4, 0.5) is 0 Å². The van der Waals surface area contributed by atoms with Gasteiger partial charge in [-0.1, -0.05) is 0 Å². The topological polar surface area (TPSA) is 70.4 Å². The molecule has 0 aromatic carbocycles. The van der Waals surface area contributed by atoms with Crippen molar-refractivity contribution >= 4 is 24.0 Å². The Hall–Kier alpha value is 0.490. The van der Waals surface area contributed by atoms with E-state index in [1.807, 2.05) is 0 Å². The molecule has 1 fully saturated rings. The minimum atomic E-state index is 0. The van der Waals surface area contributed by atoms with Gasteiger partial charge in [-0.2, -0.15) is 0 Å². The van der Waals surface area contributed by atoms with Crippen LogP contribution in [0.2, 0.25) is 0 Å². The number of halogens is 1. The number of β-amino-alcohol motifs (C(OH)–C–C–N with tert-alkyl or cyclic N) is 3. The van der Waals surface area contributed by atoms with Crippen LogP contribution in [-0.2, 0) is 0 Å². The SMILES string of the molecule is I.OCCN1CN(CCO)CN(CCO)C1. The maximum Gasteiger partial charge on any atom is 0.0559 e. The molecule has 6 nitrogen and oxygen atoms in total. The van der Waals surface area contributed by atoms with E-state index in [2.05, 4.69) is 14.7 Å². The quantitative estimate of drug-likeness (QED) is 0.502. The van der Waals surface area contributed by atoms with Gasteiger partial charge in [0.25, 0.3) is 0 Å². The van der Waals surface area contributed by atoms with Crippen molar-refractivity contribution in [3.63, 3.8) is 0 Å². The van der Waals surface area contributed by atoms with Gasteiger partial charge in [-0.25, -0.2) is 0 Å². The van der Waals surface area contributed by atoms with Crippen molar-refractivity contribution in [2.75, 3.05) is 59.5 Å². The normalized spacial score (nSPS) is 19.7. The number of aliphatic hydroxyl groups excluding tert-OH is 3. The Morgan fingerprint density at radius 2 is 0.875 bits per heavy atom. The summed E-state index contributed by atoms with van der Waals surface area (Å²) < 4.78 is 0. The number of aliphatic hydroxyl groups is 3. The molecule has 98 valence electrons. The molecule has 7 heteroatoms. The molecule has 1 rings (SSSR count). The molecule has 0 unspecified atom stereocenters. The summed E-state index contributed by atoms with van der Waals surface area (Å²) in [5.41, 5.74) is 0. The van der Waals surface area contributed by atoms with Crippen molar-refractivity contribution in [3.8, 4) is 0 Å². The van der Waals surface area contributed by atoms with Crippen LogP contribution in [0.1, 0.15) is 0 Å². The van der Waals surface area contributed by atoms with Gasteiger partial charge >= 0.3 is 0 Å². The van der Waals surface area contributed by atoms with E-state index in [0.29, 0.717) is 19.6 Å². The minimum Gasteiger partial charge on any atom is -0.395 e. The molecule has 0 aromatic heterocycles. The van der Waals surface area contributed by atoms with Crippen molar-refractivity contribution in [1.29, 1.82) is 0 Å². The lowest BCUT2D eigenvalue weighted by atomic mass is 10.4. The molecule has 3 N–H and O–H groups in total. The second-order valence-corrected chi connectivity index (χ2v) is 3.78. The number of hydrogen-bond acceptors (Lipinski definition) is 6. The molecule has 1 saturated heterocycles. The van der Waals surface area contributed by atoms with E-state index in [1.165, 1.54) is 0 Å².